The van der Waals surface area contributed by atoms with Gasteiger partial charge in [-0.1, -0.05) is 11.6 Å². The lowest BCUT2D eigenvalue weighted by Gasteiger charge is -2.06. The normalized spacial score (nSPS) is 11.5. The molecule has 1 aromatic heterocycles. The summed E-state index contributed by atoms with van der Waals surface area (Å²) in [7, 11) is -3.77. The van der Waals surface area contributed by atoms with Crippen LogP contribution in [0.15, 0.2) is 44.3 Å². The van der Waals surface area contributed by atoms with Gasteiger partial charge >= 0.3 is 0 Å². The number of anilines is 1. The van der Waals surface area contributed by atoms with E-state index in [0.717, 1.165) is 0 Å². The van der Waals surface area contributed by atoms with E-state index in [0.29, 0.717) is 20.9 Å². The van der Waals surface area contributed by atoms with Gasteiger partial charge in [-0.3, -0.25) is 4.72 Å². The molecule has 0 saturated heterocycles. The fourth-order valence-corrected chi connectivity index (χ4v) is 2.88. The molecule has 0 amide bonds. The zero-order valence-electron chi connectivity index (χ0n) is 9.56. The molecule has 0 saturated carbocycles. The fourth-order valence-electron chi connectivity index (χ4n) is 1.38. The first-order valence-corrected chi connectivity index (χ1v) is 7.84. The van der Waals surface area contributed by atoms with Crippen LogP contribution < -0.4 is 10.5 Å². The Morgan fingerprint density at radius 3 is 2.63 bits per heavy atom. The maximum absolute atomic E-state index is 12.0. The highest BCUT2D eigenvalue weighted by Crippen LogP contribution is 2.27. The Labute approximate surface area is 123 Å². The van der Waals surface area contributed by atoms with E-state index in [1.165, 1.54) is 12.1 Å². The van der Waals surface area contributed by atoms with Crippen LogP contribution in [0.3, 0.4) is 0 Å². The van der Waals surface area contributed by atoms with Crippen LogP contribution >= 0.6 is 27.5 Å². The quantitative estimate of drug-likeness (QED) is 0.872. The van der Waals surface area contributed by atoms with Gasteiger partial charge in [-0.2, -0.15) is 8.42 Å². The number of nitrogens with one attached hydrogen (secondary N) is 1. The molecule has 0 aliphatic carbocycles. The van der Waals surface area contributed by atoms with Gasteiger partial charge in [0.05, 0.1) is 17.3 Å². The van der Waals surface area contributed by atoms with E-state index in [9.17, 15) is 8.42 Å². The first-order valence-electron chi connectivity index (χ1n) is 5.19. The van der Waals surface area contributed by atoms with Gasteiger partial charge in [-0.25, -0.2) is 0 Å². The molecule has 1 aromatic carbocycles. The van der Waals surface area contributed by atoms with Crippen molar-refractivity contribution in [1.82, 2.24) is 0 Å². The van der Waals surface area contributed by atoms with Gasteiger partial charge in [0.2, 0.25) is 5.09 Å². The zero-order valence-corrected chi connectivity index (χ0v) is 12.7. The Kier molecular flexibility index (Phi) is 4.19. The number of sulfonamides is 1. The van der Waals surface area contributed by atoms with Gasteiger partial charge in [0.1, 0.15) is 5.76 Å². The van der Waals surface area contributed by atoms with Gasteiger partial charge in [0.15, 0.2) is 0 Å². The average Bonchev–Trinajstić information content (AvgIpc) is 2.83. The van der Waals surface area contributed by atoms with Crippen molar-refractivity contribution in [2.24, 2.45) is 5.73 Å². The van der Waals surface area contributed by atoms with Crippen LogP contribution in [0.4, 0.5) is 5.69 Å². The predicted octanol–water partition coefficient (Wildman–Crippen LogP) is 2.96. The van der Waals surface area contributed by atoms with Crippen molar-refractivity contribution in [3.8, 4) is 0 Å². The van der Waals surface area contributed by atoms with E-state index >= 15 is 0 Å². The first-order chi connectivity index (χ1) is 8.92. The van der Waals surface area contributed by atoms with Crippen molar-refractivity contribution in [1.29, 1.82) is 0 Å². The minimum atomic E-state index is -3.77. The summed E-state index contributed by atoms with van der Waals surface area (Å²) in [5, 5.41) is 0.311. The maximum atomic E-state index is 12.0. The second kappa shape index (κ2) is 5.54. The molecule has 2 aromatic rings. The molecule has 0 aliphatic rings. The molecule has 19 heavy (non-hydrogen) atoms. The van der Waals surface area contributed by atoms with Crippen LogP contribution in [-0.2, 0) is 16.6 Å². The number of halogens is 2. The fraction of sp³-hybridized carbons (Fsp3) is 0.0909. The van der Waals surface area contributed by atoms with Crippen molar-refractivity contribution in [3.63, 3.8) is 0 Å². The summed E-state index contributed by atoms with van der Waals surface area (Å²) in [5.41, 5.74) is 5.74. The van der Waals surface area contributed by atoms with Crippen molar-refractivity contribution >= 4 is 43.2 Å². The molecule has 0 fully saturated rings. The topological polar surface area (TPSA) is 85.3 Å². The standard InChI is InChI=1S/C11H10BrClN2O3S/c12-9-5-7(1-3-10(9)13)15-19(16,17)11-4-2-8(6-14)18-11/h1-5,15H,6,14H2. The maximum Gasteiger partial charge on any atom is 0.295 e. The summed E-state index contributed by atoms with van der Waals surface area (Å²) in [4.78, 5) is 0. The molecule has 0 bridgehead atoms. The lowest BCUT2D eigenvalue weighted by atomic mass is 10.3. The molecule has 0 spiro atoms. The van der Waals surface area contributed by atoms with Crippen molar-refractivity contribution in [2.45, 2.75) is 11.6 Å². The van der Waals surface area contributed by atoms with Crippen molar-refractivity contribution in [2.75, 3.05) is 4.72 Å². The Bertz CT molecular complexity index is 700. The minimum Gasteiger partial charge on any atom is -0.446 e. The van der Waals surface area contributed by atoms with Crippen LogP contribution in [0.25, 0.3) is 0 Å². The van der Waals surface area contributed by atoms with E-state index in [4.69, 9.17) is 21.8 Å². The largest absolute Gasteiger partial charge is 0.446 e. The smallest absolute Gasteiger partial charge is 0.295 e. The van der Waals surface area contributed by atoms with Crippen molar-refractivity contribution in [3.05, 3.63) is 45.6 Å². The molecule has 0 atom stereocenters. The summed E-state index contributed by atoms with van der Waals surface area (Å²) in [6.45, 7) is 0.141. The SMILES string of the molecule is NCc1ccc(S(=O)(=O)Nc2ccc(Cl)c(Br)c2)o1. The second-order valence-electron chi connectivity index (χ2n) is 3.66. The summed E-state index contributed by atoms with van der Waals surface area (Å²) in [6.07, 6.45) is 0. The number of nitrogens with two attached hydrogens (primary N) is 1. The Hall–Kier alpha value is -1.02. The van der Waals surface area contributed by atoms with Gasteiger partial charge in [0.25, 0.3) is 10.0 Å². The highest BCUT2D eigenvalue weighted by Gasteiger charge is 2.19. The number of rotatable bonds is 4. The molecule has 3 N–H and O–H groups in total. The third-order valence-corrected chi connectivity index (χ3v) is 4.74. The van der Waals surface area contributed by atoms with Crippen LogP contribution in [-0.4, -0.2) is 8.42 Å². The van der Waals surface area contributed by atoms with E-state index in [1.54, 1.807) is 18.2 Å². The Balaban J connectivity index is 2.28. The van der Waals surface area contributed by atoms with E-state index in [-0.39, 0.29) is 11.6 Å². The van der Waals surface area contributed by atoms with Gasteiger partial charge in [0, 0.05) is 4.47 Å². The summed E-state index contributed by atoms with van der Waals surface area (Å²) >= 11 is 9.05. The summed E-state index contributed by atoms with van der Waals surface area (Å²) in [5.74, 6) is 0.401. The van der Waals surface area contributed by atoms with Gasteiger partial charge in [-0.05, 0) is 46.3 Å². The van der Waals surface area contributed by atoms with Crippen LogP contribution in [0.2, 0.25) is 5.02 Å². The molecule has 5 nitrogen and oxygen atoms in total. The Morgan fingerprint density at radius 2 is 2.05 bits per heavy atom. The number of hydrogen-bond donors (Lipinski definition) is 2. The van der Waals surface area contributed by atoms with Crippen LogP contribution in [0, 0.1) is 0 Å². The number of benzene rings is 1. The molecular weight excluding hydrogens is 356 g/mol. The van der Waals surface area contributed by atoms with E-state index < -0.39 is 10.0 Å². The minimum absolute atomic E-state index is 0.141. The molecular formula is C11H10BrClN2O3S. The second-order valence-corrected chi connectivity index (χ2v) is 6.53. The first kappa shape index (κ1) is 14.4. The third-order valence-electron chi connectivity index (χ3n) is 2.27. The number of furan rings is 1. The van der Waals surface area contributed by atoms with E-state index in [1.807, 2.05) is 0 Å². The zero-order chi connectivity index (χ0) is 14.0. The highest BCUT2D eigenvalue weighted by atomic mass is 79.9. The molecule has 102 valence electrons. The molecule has 1 heterocycles. The molecule has 0 radical (unpaired) electrons. The summed E-state index contributed by atoms with van der Waals surface area (Å²) in [6, 6.07) is 7.57. The lowest BCUT2D eigenvalue weighted by molar-refractivity contribution is 0.417. The molecule has 2 rings (SSSR count). The number of hydrogen-bond acceptors (Lipinski definition) is 4. The molecule has 0 aliphatic heterocycles. The highest BCUT2D eigenvalue weighted by molar-refractivity contribution is 9.10. The summed E-state index contributed by atoms with van der Waals surface area (Å²) < 4.78 is 32.2. The van der Waals surface area contributed by atoms with Gasteiger partial charge in [-0.15, -0.1) is 0 Å². The molecule has 0 unspecified atom stereocenters. The van der Waals surface area contributed by atoms with Gasteiger partial charge < -0.3 is 10.2 Å². The van der Waals surface area contributed by atoms with Crippen molar-refractivity contribution < 1.29 is 12.8 Å². The van der Waals surface area contributed by atoms with Crippen LogP contribution in [0.1, 0.15) is 5.76 Å². The molecule has 8 heteroatoms. The Morgan fingerprint density at radius 1 is 1.32 bits per heavy atom. The predicted molar refractivity (Wildman–Crippen MR) is 76.6 cm³/mol. The third kappa shape index (κ3) is 3.30. The average molecular weight is 366 g/mol. The van der Waals surface area contributed by atoms with E-state index in [2.05, 4.69) is 20.7 Å². The monoisotopic (exact) mass is 364 g/mol. The van der Waals surface area contributed by atoms with Crippen LogP contribution in [0.5, 0.6) is 0 Å². The lowest BCUT2D eigenvalue weighted by Crippen LogP contribution is -2.12.